The molecule has 0 bridgehead atoms. The van der Waals surface area contributed by atoms with Gasteiger partial charge in [0, 0.05) is 16.8 Å². The normalized spacial score (nSPS) is 11.0. The summed E-state index contributed by atoms with van der Waals surface area (Å²) in [6.07, 6.45) is 0. The predicted octanol–water partition coefficient (Wildman–Crippen LogP) is 4.99. The van der Waals surface area contributed by atoms with Crippen LogP contribution in [0, 0.1) is 0 Å². The van der Waals surface area contributed by atoms with Gasteiger partial charge in [0.05, 0.1) is 31.8 Å². The average molecular weight is 583 g/mol. The number of nitrogens with one attached hydrogen (secondary N) is 2. The molecule has 4 rings (SSSR count). The van der Waals surface area contributed by atoms with E-state index < -0.39 is 15.9 Å². The first kappa shape index (κ1) is 29.2. The van der Waals surface area contributed by atoms with Gasteiger partial charge >= 0.3 is 6.01 Å². The molecule has 4 aromatic rings. The molecule has 41 heavy (non-hydrogen) atoms. The Morgan fingerprint density at radius 2 is 1.54 bits per heavy atom. The fourth-order valence-corrected chi connectivity index (χ4v) is 4.81. The molecule has 1 heterocycles. The third-order valence-corrected chi connectivity index (χ3v) is 6.95. The maximum Gasteiger partial charge on any atom is 0.322 e. The summed E-state index contributed by atoms with van der Waals surface area (Å²) in [6.45, 7) is 6.77. The van der Waals surface area contributed by atoms with Crippen molar-refractivity contribution >= 4 is 27.6 Å². The van der Waals surface area contributed by atoms with E-state index in [9.17, 15) is 13.2 Å². The Morgan fingerprint density at radius 1 is 0.878 bits per heavy atom. The van der Waals surface area contributed by atoms with E-state index in [1.807, 2.05) is 20.8 Å². The molecule has 0 unspecified atom stereocenters. The van der Waals surface area contributed by atoms with Crippen LogP contribution in [0.3, 0.4) is 0 Å². The van der Waals surface area contributed by atoms with Crippen LogP contribution in [0.2, 0.25) is 0 Å². The fraction of sp³-hybridized carbons (Fsp3) is 0.250. The van der Waals surface area contributed by atoms with Crippen LogP contribution in [-0.2, 0) is 10.0 Å². The van der Waals surface area contributed by atoms with Crippen molar-refractivity contribution in [2.75, 3.05) is 37.0 Å². The molecule has 3 aromatic carbocycles. The van der Waals surface area contributed by atoms with Crippen LogP contribution < -0.4 is 29.0 Å². The topological polar surface area (TPSA) is 151 Å². The van der Waals surface area contributed by atoms with E-state index in [-0.39, 0.29) is 28.1 Å². The molecule has 0 atom stereocenters. The van der Waals surface area contributed by atoms with E-state index >= 15 is 0 Å². The minimum Gasteiger partial charge on any atom is -0.497 e. The molecule has 0 saturated heterocycles. The number of hydrogen-bond donors (Lipinski definition) is 2. The lowest BCUT2D eigenvalue weighted by atomic mass is 10.2. The largest absolute Gasteiger partial charge is 0.497 e. The second kappa shape index (κ2) is 13.0. The number of methoxy groups -OCH3 is 1. The lowest BCUT2D eigenvalue weighted by molar-refractivity contribution is 0.102. The lowest BCUT2D eigenvalue weighted by Crippen LogP contribution is -2.15. The van der Waals surface area contributed by atoms with Gasteiger partial charge in [-0.1, -0.05) is 11.2 Å². The van der Waals surface area contributed by atoms with Gasteiger partial charge in [0.1, 0.15) is 5.75 Å². The van der Waals surface area contributed by atoms with E-state index in [4.69, 9.17) is 23.4 Å². The van der Waals surface area contributed by atoms with Crippen molar-refractivity contribution in [3.8, 4) is 34.5 Å². The Bertz CT molecular complexity index is 1580. The summed E-state index contributed by atoms with van der Waals surface area (Å²) in [6, 6.07) is 15.1. The van der Waals surface area contributed by atoms with Crippen LogP contribution in [0.15, 0.2) is 70.0 Å². The van der Waals surface area contributed by atoms with Crippen LogP contribution >= 0.6 is 0 Å². The zero-order chi connectivity index (χ0) is 29.4. The van der Waals surface area contributed by atoms with E-state index in [0.717, 1.165) is 0 Å². The molecule has 0 spiro atoms. The first-order valence-electron chi connectivity index (χ1n) is 12.8. The standard InChI is InChI=1S/C28H30N4O8S/c1-5-37-23-16-19(17-24(38-6-2)25(23)39-7-3)27-30-31-28(40-27)29-26(33)18-9-8-10-20(15-18)32-41(34,35)22-13-11-21(36-4)12-14-22/h8-17,32H,5-7H2,1-4H3,(H,29,31,33). The van der Waals surface area contributed by atoms with Gasteiger partial charge < -0.3 is 23.4 Å². The molecule has 216 valence electrons. The van der Waals surface area contributed by atoms with Crippen molar-refractivity contribution in [3.63, 3.8) is 0 Å². The number of sulfonamides is 1. The number of ether oxygens (including phenoxy) is 4. The highest BCUT2D eigenvalue weighted by molar-refractivity contribution is 7.92. The zero-order valence-electron chi connectivity index (χ0n) is 23.0. The van der Waals surface area contributed by atoms with Crippen molar-refractivity contribution in [1.29, 1.82) is 0 Å². The molecule has 0 fully saturated rings. The summed E-state index contributed by atoms with van der Waals surface area (Å²) in [4.78, 5) is 13.0. The summed E-state index contributed by atoms with van der Waals surface area (Å²) >= 11 is 0. The summed E-state index contributed by atoms with van der Waals surface area (Å²) in [5, 5.41) is 10.5. The number of anilines is 2. The zero-order valence-corrected chi connectivity index (χ0v) is 23.8. The Balaban J connectivity index is 1.51. The molecule has 0 aliphatic rings. The van der Waals surface area contributed by atoms with Gasteiger partial charge in [0.2, 0.25) is 11.6 Å². The first-order valence-corrected chi connectivity index (χ1v) is 14.2. The molecule has 2 N–H and O–H groups in total. The van der Waals surface area contributed by atoms with Crippen LogP contribution in [0.25, 0.3) is 11.5 Å². The van der Waals surface area contributed by atoms with Crippen LogP contribution in [0.5, 0.6) is 23.0 Å². The minimum absolute atomic E-state index is 0.0424. The Morgan fingerprint density at radius 3 is 2.15 bits per heavy atom. The Labute approximate surface area is 237 Å². The van der Waals surface area contributed by atoms with Gasteiger partial charge in [-0.25, -0.2) is 8.42 Å². The van der Waals surface area contributed by atoms with Crippen molar-refractivity contribution in [2.24, 2.45) is 0 Å². The summed E-state index contributed by atoms with van der Waals surface area (Å²) < 4.78 is 56.0. The molecular formula is C28H30N4O8S. The highest BCUT2D eigenvalue weighted by Crippen LogP contribution is 2.42. The molecule has 13 heteroatoms. The number of aromatic nitrogens is 2. The Hall–Kier alpha value is -4.78. The maximum absolute atomic E-state index is 12.9. The monoisotopic (exact) mass is 582 g/mol. The van der Waals surface area contributed by atoms with Gasteiger partial charge in [-0.2, -0.15) is 0 Å². The van der Waals surface area contributed by atoms with E-state index in [2.05, 4.69) is 20.2 Å². The lowest BCUT2D eigenvalue weighted by Gasteiger charge is -2.16. The Kier molecular flexibility index (Phi) is 9.30. The van der Waals surface area contributed by atoms with Crippen molar-refractivity contribution in [3.05, 3.63) is 66.2 Å². The molecule has 1 aromatic heterocycles. The number of carbonyl (C=O) groups is 1. The summed E-state index contributed by atoms with van der Waals surface area (Å²) in [5.74, 6) is 1.43. The van der Waals surface area contributed by atoms with Crippen LogP contribution in [0.4, 0.5) is 11.7 Å². The summed E-state index contributed by atoms with van der Waals surface area (Å²) in [7, 11) is -2.41. The number of carbonyl (C=O) groups excluding carboxylic acids is 1. The molecular weight excluding hydrogens is 552 g/mol. The first-order chi connectivity index (χ1) is 19.8. The third-order valence-electron chi connectivity index (χ3n) is 5.55. The molecule has 0 aliphatic heterocycles. The van der Waals surface area contributed by atoms with Crippen LogP contribution in [0.1, 0.15) is 31.1 Å². The molecule has 0 radical (unpaired) electrons. The number of nitrogens with zero attached hydrogens (tertiary/aromatic N) is 2. The molecule has 1 amide bonds. The summed E-state index contributed by atoms with van der Waals surface area (Å²) in [5.41, 5.74) is 0.863. The van der Waals surface area contributed by atoms with Crippen molar-refractivity contribution in [1.82, 2.24) is 10.2 Å². The quantitative estimate of drug-likeness (QED) is 0.220. The van der Waals surface area contributed by atoms with Crippen molar-refractivity contribution < 1.29 is 36.6 Å². The molecule has 0 aliphatic carbocycles. The van der Waals surface area contributed by atoms with E-state index in [1.165, 1.54) is 37.4 Å². The number of hydrogen-bond acceptors (Lipinski definition) is 10. The van der Waals surface area contributed by atoms with Gasteiger partial charge in [-0.3, -0.25) is 14.8 Å². The smallest absolute Gasteiger partial charge is 0.322 e. The highest BCUT2D eigenvalue weighted by atomic mass is 32.2. The third kappa shape index (κ3) is 7.06. The van der Waals surface area contributed by atoms with Gasteiger partial charge in [0.25, 0.3) is 15.9 Å². The van der Waals surface area contributed by atoms with E-state index in [0.29, 0.717) is 48.4 Å². The SMILES string of the molecule is CCOc1cc(-c2nnc(NC(=O)c3cccc(NS(=O)(=O)c4ccc(OC)cc4)c3)o2)cc(OCC)c1OCC. The number of benzene rings is 3. The van der Waals surface area contributed by atoms with Crippen molar-refractivity contribution in [2.45, 2.75) is 25.7 Å². The average Bonchev–Trinajstić information content (AvgIpc) is 3.43. The second-order valence-corrected chi connectivity index (χ2v) is 10.0. The number of rotatable bonds is 13. The van der Waals surface area contributed by atoms with Gasteiger partial charge in [0.15, 0.2) is 11.5 Å². The molecule has 12 nitrogen and oxygen atoms in total. The molecule has 0 saturated carbocycles. The fourth-order valence-electron chi connectivity index (χ4n) is 3.76. The second-order valence-electron chi connectivity index (χ2n) is 8.33. The maximum atomic E-state index is 12.9. The van der Waals surface area contributed by atoms with Gasteiger partial charge in [-0.05, 0) is 75.4 Å². The van der Waals surface area contributed by atoms with E-state index in [1.54, 1.807) is 30.3 Å². The minimum atomic E-state index is -3.90. The highest BCUT2D eigenvalue weighted by Gasteiger charge is 2.20. The van der Waals surface area contributed by atoms with Gasteiger partial charge in [-0.15, -0.1) is 5.10 Å². The predicted molar refractivity (Wildman–Crippen MR) is 151 cm³/mol. The van der Waals surface area contributed by atoms with Crippen LogP contribution in [-0.4, -0.2) is 51.5 Å². The number of amides is 1.